The number of esters is 1. The van der Waals surface area contributed by atoms with Gasteiger partial charge in [0.2, 0.25) is 11.0 Å². The minimum Gasteiger partial charge on any atom is -0.466 e. The highest BCUT2D eigenvalue weighted by atomic mass is 32.1. The Kier molecular flexibility index (Phi) is 11.3. The zero-order valence-corrected chi connectivity index (χ0v) is 23.8. The fraction of sp³-hybridized carbons (Fsp3) is 0.333. The fourth-order valence-corrected chi connectivity index (χ4v) is 5.01. The van der Waals surface area contributed by atoms with Crippen LogP contribution in [0, 0.1) is 0 Å². The Hall–Kier alpha value is -4.22. The number of carbonyl (C=O) groups excluding carboxylic acids is 2. The van der Waals surface area contributed by atoms with Crippen LogP contribution in [-0.4, -0.2) is 50.2 Å². The molecule has 0 fully saturated rings. The van der Waals surface area contributed by atoms with Crippen molar-refractivity contribution in [1.82, 2.24) is 20.4 Å². The first-order chi connectivity index (χ1) is 20.0. The van der Waals surface area contributed by atoms with Gasteiger partial charge in [-0.2, -0.15) is 5.10 Å². The first-order valence-corrected chi connectivity index (χ1v) is 14.5. The monoisotopic (exact) mass is 574 g/mol. The van der Waals surface area contributed by atoms with E-state index >= 15 is 0 Å². The van der Waals surface area contributed by atoms with Crippen molar-refractivity contribution in [1.29, 1.82) is 0 Å². The molecule has 0 spiro atoms. The van der Waals surface area contributed by atoms with Crippen molar-refractivity contribution in [2.24, 2.45) is 0 Å². The minimum absolute atomic E-state index is 0.128. The van der Waals surface area contributed by atoms with E-state index in [0.29, 0.717) is 30.4 Å². The summed E-state index contributed by atoms with van der Waals surface area (Å²) in [6.07, 6.45) is 3.37. The first-order valence-electron chi connectivity index (χ1n) is 13.6. The van der Waals surface area contributed by atoms with Gasteiger partial charge in [-0.25, -0.2) is 0 Å². The molecule has 214 valence electrons. The van der Waals surface area contributed by atoms with Gasteiger partial charge in [0.25, 0.3) is 0 Å². The molecule has 4 aromatic rings. The van der Waals surface area contributed by atoms with E-state index in [1.54, 1.807) is 13.0 Å². The van der Waals surface area contributed by atoms with Crippen molar-refractivity contribution in [3.05, 3.63) is 94.1 Å². The molecule has 1 unspecified atom stereocenters. The number of rotatable bonds is 15. The molecule has 0 bridgehead atoms. The number of aliphatic hydroxyl groups is 1. The van der Waals surface area contributed by atoms with Gasteiger partial charge in [-0.1, -0.05) is 65.9 Å². The van der Waals surface area contributed by atoms with Gasteiger partial charge in [0.15, 0.2) is 5.82 Å². The van der Waals surface area contributed by atoms with E-state index in [1.807, 2.05) is 60.7 Å². The zero-order valence-electron chi connectivity index (χ0n) is 23.0. The average molecular weight is 575 g/mol. The summed E-state index contributed by atoms with van der Waals surface area (Å²) in [5.41, 5.74) is 3.56. The van der Waals surface area contributed by atoms with Crippen LogP contribution in [0.1, 0.15) is 47.2 Å². The Morgan fingerprint density at radius 1 is 0.878 bits per heavy atom. The quantitative estimate of drug-likeness (QED) is 0.109. The summed E-state index contributed by atoms with van der Waals surface area (Å²) in [6, 6.07) is 20.7. The maximum atomic E-state index is 12.2. The molecule has 0 saturated heterocycles. The fourth-order valence-electron chi connectivity index (χ4n) is 4.19. The maximum absolute atomic E-state index is 12.2. The summed E-state index contributed by atoms with van der Waals surface area (Å²) >= 11 is 1.42. The summed E-state index contributed by atoms with van der Waals surface area (Å²) in [7, 11) is 0. The number of ether oxygens (including phenoxy) is 1. The van der Waals surface area contributed by atoms with Gasteiger partial charge in [0, 0.05) is 12.8 Å². The number of unbranched alkanes of at least 4 members (excludes halogenated alkanes) is 1. The van der Waals surface area contributed by atoms with Crippen LogP contribution in [0.3, 0.4) is 0 Å². The molecule has 0 saturated carbocycles. The highest BCUT2D eigenvalue weighted by Crippen LogP contribution is 2.19. The van der Waals surface area contributed by atoms with E-state index in [0.717, 1.165) is 53.1 Å². The van der Waals surface area contributed by atoms with Crippen LogP contribution in [0.15, 0.2) is 66.7 Å². The normalized spacial score (nSPS) is 11.6. The Morgan fingerprint density at radius 3 is 2.44 bits per heavy atom. The third kappa shape index (κ3) is 10.4. The van der Waals surface area contributed by atoms with Gasteiger partial charge in [0.1, 0.15) is 11.2 Å². The van der Waals surface area contributed by atoms with E-state index in [-0.39, 0.29) is 18.3 Å². The second-order valence-electron chi connectivity index (χ2n) is 9.49. The Balaban J connectivity index is 1.14. The van der Waals surface area contributed by atoms with Crippen LogP contribution in [0.2, 0.25) is 0 Å². The maximum Gasteiger partial charge on any atom is 0.310 e. The Morgan fingerprint density at radius 2 is 1.66 bits per heavy atom. The van der Waals surface area contributed by atoms with Crippen LogP contribution >= 0.6 is 11.3 Å². The van der Waals surface area contributed by atoms with Crippen molar-refractivity contribution in [3.8, 4) is 0 Å². The molecule has 0 aliphatic rings. The second-order valence-corrected chi connectivity index (χ2v) is 10.6. The number of aliphatic hydroxyl groups excluding tert-OH is 1. The number of nitrogens with one attached hydrogen (secondary N) is 2. The predicted molar refractivity (Wildman–Crippen MR) is 157 cm³/mol. The van der Waals surface area contributed by atoms with E-state index in [9.17, 15) is 14.7 Å². The number of aryl methyl sites for hydroxylation is 2. The van der Waals surface area contributed by atoms with Gasteiger partial charge in [-0.05, 0) is 55.0 Å². The number of aromatic nitrogens is 4. The highest BCUT2D eigenvalue weighted by Gasteiger charge is 2.12. The summed E-state index contributed by atoms with van der Waals surface area (Å²) in [5, 5.41) is 34.5. The van der Waals surface area contributed by atoms with Crippen molar-refractivity contribution in [3.63, 3.8) is 0 Å². The molecular formula is C30H34N6O4S. The summed E-state index contributed by atoms with van der Waals surface area (Å²) in [4.78, 5) is 23.9. The molecule has 3 N–H and O–H groups in total. The molecule has 2 heterocycles. The topological polar surface area (TPSA) is 139 Å². The van der Waals surface area contributed by atoms with Crippen LogP contribution in [-0.2, 0) is 46.4 Å². The standard InChI is InChI=1S/C30H34N6O4S/c1-2-40-29(39)20-23-12-8-11-22(17-23)19-27(38)32-30-36-35-28(41-30)14-7-6-13-24-15-16-25(34-33-24)31-26(37)18-21-9-4-3-5-10-21/h3-5,8-12,15-17,27,38H,2,6-7,13-14,18-20H2,1H3,(H,32,36)(H,31,34,37). The van der Waals surface area contributed by atoms with E-state index < -0.39 is 6.23 Å². The van der Waals surface area contributed by atoms with Gasteiger partial charge in [-0.15, -0.1) is 15.3 Å². The number of anilines is 2. The largest absolute Gasteiger partial charge is 0.466 e. The lowest BCUT2D eigenvalue weighted by atomic mass is 10.1. The number of carbonyl (C=O) groups is 2. The molecule has 10 nitrogen and oxygen atoms in total. The average Bonchev–Trinajstić information content (AvgIpc) is 3.39. The Bertz CT molecular complexity index is 1400. The Labute approximate surface area is 243 Å². The summed E-state index contributed by atoms with van der Waals surface area (Å²) in [6.45, 7) is 2.13. The molecule has 41 heavy (non-hydrogen) atoms. The number of nitrogens with zero attached hydrogens (tertiary/aromatic N) is 4. The van der Waals surface area contributed by atoms with Crippen LogP contribution in [0.25, 0.3) is 0 Å². The lowest BCUT2D eigenvalue weighted by molar-refractivity contribution is -0.142. The van der Waals surface area contributed by atoms with Crippen LogP contribution in [0.5, 0.6) is 0 Å². The molecule has 1 amide bonds. The van der Waals surface area contributed by atoms with Crippen molar-refractivity contribution in [2.75, 3.05) is 17.2 Å². The smallest absolute Gasteiger partial charge is 0.310 e. The molecule has 0 radical (unpaired) electrons. The third-order valence-corrected chi connectivity index (χ3v) is 7.01. The molecular weight excluding hydrogens is 540 g/mol. The van der Waals surface area contributed by atoms with Crippen molar-refractivity contribution < 1.29 is 19.4 Å². The lowest BCUT2D eigenvalue weighted by Gasteiger charge is -2.12. The molecule has 4 rings (SSSR count). The highest BCUT2D eigenvalue weighted by molar-refractivity contribution is 7.15. The van der Waals surface area contributed by atoms with Gasteiger partial charge in [-0.3, -0.25) is 9.59 Å². The molecule has 1 atom stereocenters. The first kappa shape index (κ1) is 29.8. The predicted octanol–water partition coefficient (Wildman–Crippen LogP) is 4.15. The summed E-state index contributed by atoms with van der Waals surface area (Å²) in [5.74, 6) is 0.0442. The third-order valence-electron chi connectivity index (χ3n) is 6.10. The van der Waals surface area contributed by atoms with Gasteiger partial charge < -0.3 is 20.5 Å². The van der Waals surface area contributed by atoms with Crippen LogP contribution in [0.4, 0.5) is 10.9 Å². The zero-order chi connectivity index (χ0) is 28.9. The summed E-state index contributed by atoms with van der Waals surface area (Å²) < 4.78 is 5.00. The van der Waals surface area contributed by atoms with E-state index in [2.05, 4.69) is 31.0 Å². The van der Waals surface area contributed by atoms with Gasteiger partial charge >= 0.3 is 5.97 Å². The lowest BCUT2D eigenvalue weighted by Crippen LogP contribution is -2.21. The molecule has 2 aromatic heterocycles. The molecule has 0 aliphatic heterocycles. The molecule has 11 heteroatoms. The van der Waals surface area contributed by atoms with Crippen molar-refractivity contribution in [2.45, 2.75) is 58.1 Å². The SMILES string of the molecule is CCOC(=O)Cc1cccc(CC(O)Nc2nnc(CCCCc3ccc(NC(=O)Cc4ccccc4)nn3)s2)c1. The van der Waals surface area contributed by atoms with Crippen LogP contribution < -0.4 is 10.6 Å². The number of amides is 1. The number of benzene rings is 2. The number of hydrogen-bond acceptors (Lipinski definition) is 10. The second kappa shape index (κ2) is 15.5. The van der Waals surface area contributed by atoms with E-state index in [1.165, 1.54) is 11.3 Å². The van der Waals surface area contributed by atoms with Crippen molar-refractivity contribution >= 4 is 34.2 Å². The number of hydrogen-bond donors (Lipinski definition) is 3. The molecule has 2 aromatic carbocycles. The molecule has 0 aliphatic carbocycles. The van der Waals surface area contributed by atoms with Gasteiger partial charge in [0.05, 0.1) is 25.1 Å². The minimum atomic E-state index is -0.835. The van der Waals surface area contributed by atoms with E-state index in [4.69, 9.17) is 4.74 Å².